The zero-order valence-corrected chi connectivity index (χ0v) is 22.3. The minimum Gasteiger partial charge on any atom is -0.493 e. The molecular formula is C29H31F3N4O5. The summed E-state index contributed by atoms with van der Waals surface area (Å²) in [5.74, 6) is -0.652. The highest BCUT2D eigenvalue weighted by Gasteiger charge is 2.40. The van der Waals surface area contributed by atoms with Crippen molar-refractivity contribution in [1.82, 2.24) is 20.4 Å². The summed E-state index contributed by atoms with van der Waals surface area (Å²) in [5.41, 5.74) is 1.06. The number of halogens is 3. The van der Waals surface area contributed by atoms with Gasteiger partial charge in [-0.3, -0.25) is 29.4 Å². The standard InChI is InChI=1S/C29H31F3N4O5/c30-29(31,32)19-9-7-18(8-10-19)16-33-26(38)22-5-2-13-35(22)14-3-15-41-24-6-1-4-20-21(24)17-36(28(20)40)23-11-12-25(37)34-27(23)39/h1,4,6-10,22-23H,2-3,5,11-17H2,(H,33,38)(H,34,37,39)/t22-,23?/m0/s1. The number of piperidine rings is 1. The highest BCUT2D eigenvalue weighted by Crippen LogP contribution is 2.34. The SMILES string of the molecule is O=C1CCC(N2Cc3c(OCCCN4CCC[C@H]4C(=O)NCc4ccc(C(F)(F)F)cc4)cccc3C2=O)C(=O)N1. The third kappa shape index (κ3) is 6.37. The Kier molecular flexibility index (Phi) is 8.30. The highest BCUT2D eigenvalue weighted by atomic mass is 19.4. The Morgan fingerprint density at radius 2 is 1.85 bits per heavy atom. The third-order valence-corrected chi connectivity index (χ3v) is 7.80. The van der Waals surface area contributed by atoms with Gasteiger partial charge in [-0.05, 0) is 62.1 Å². The smallest absolute Gasteiger partial charge is 0.416 e. The summed E-state index contributed by atoms with van der Waals surface area (Å²) in [6.45, 7) is 2.12. The van der Waals surface area contributed by atoms with Crippen LogP contribution in [0.5, 0.6) is 5.75 Å². The van der Waals surface area contributed by atoms with Gasteiger partial charge in [-0.25, -0.2) is 0 Å². The molecule has 0 radical (unpaired) electrons. The van der Waals surface area contributed by atoms with Crippen molar-refractivity contribution in [3.63, 3.8) is 0 Å². The van der Waals surface area contributed by atoms with Crippen molar-refractivity contribution in [3.8, 4) is 5.75 Å². The lowest BCUT2D eigenvalue weighted by molar-refractivity contribution is -0.138. The maximum atomic E-state index is 13.0. The number of carbonyl (C=O) groups is 4. The van der Waals surface area contributed by atoms with Crippen LogP contribution in [0.3, 0.4) is 0 Å². The molecule has 0 aliphatic carbocycles. The first kappa shape index (κ1) is 28.6. The maximum Gasteiger partial charge on any atom is 0.416 e. The molecule has 3 heterocycles. The number of rotatable bonds is 9. The van der Waals surface area contributed by atoms with Crippen molar-refractivity contribution in [2.45, 2.75) is 63.5 Å². The van der Waals surface area contributed by atoms with Gasteiger partial charge in [0.2, 0.25) is 17.7 Å². The fourth-order valence-corrected chi connectivity index (χ4v) is 5.65. The summed E-state index contributed by atoms with van der Waals surface area (Å²) in [7, 11) is 0. The molecule has 41 heavy (non-hydrogen) atoms. The maximum absolute atomic E-state index is 13.0. The second-order valence-electron chi connectivity index (χ2n) is 10.5. The van der Waals surface area contributed by atoms with Crippen LogP contribution in [-0.4, -0.2) is 65.2 Å². The summed E-state index contributed by atoms with van der Waals surface area (Å²) in [4.78, 5) is 53.2. The van der Waals surface area contributed by atoms with Gasteiger partial charge in [-0.15, -0.1) is 0 Å². The van der Waals surface area contributed by atoms with Gasteiger partial charge >= 0.3 is 6.18 Å². The number of amides is 4. The van der Waals surface area contributed by atoms with E-state index in [1.54, 1.807) is 18.2 Å². The number of benzene rings is 2. The van der Waals surface area contributed by atoms with Gasteiger partial charge in [0.15, 0.2) is 0 Å². The number of fused-ring (bicyclic) bond motifs is 1. The van der Waals surface area contributed by atoms with Gasteiger partial charge < -0.3 is 15.0 Å². The van der Waals surface area contributed by atoms with Crippen molar-refractivity contribution in [3.05, 3.63) is 64.7 Å². The van der Waals surface area contributed by atoms with E-state index in [9.17, 15) is 32.3 Å². The van der Waals surface area contributed by atoms with E-state index >= 15 is 0 Å². The molecule has 218 valence electrons. The quantitative estimate of drug-likeness (QED) is 0.354. The molecule has 0 saturated carbocycles. The topological polar surface area (TPSA) is 108 Å². The molecule has 2 atom stereocenters. The molecule has 2 saturated heterocycles. The molecule has 2 aromatic rings. The van der Waals surface area contributed by atoms with Crippen LogP contribution >= 0.6 is 0 Å². The lowest BCUT2D eigenvalue weighted by Gasteiger charge is -2.29. The Balaban J connectivity index is 1.10. The zero-order chi connectivity index (χ0) is 29.1. The molecule has 5 rings (SSSR count). The van der Waals surface area contributed by atoms with Crippen molar-refractivity contribution in [1.29, 1.82) is 0 Å². The molecule has 1 unspecified atom stereocenters. The number of nitrogens with zero attached hydrogens (tertiary/aromatic N) is 2. The number of likely N-dealkylation sites (tertiary alicyclic amines) is 1. The summed E-state index contributed by atoms with van der Waals surface area (Å²) >= 11 is 0. The van der Waals surface area contributed by atoms with Crippen LogP contribution in [0, 0.1) is 0 Å². The average Bonchev–Trinajstić information content (AvgIpc) is 3.54. The number of alkyl halides is 3. The monoisotopic (exact) mass is 572 g/mol. The first-order chi connectivity index (χ1) is 19.6. The van der Waals surface area contributed by atoms with E-state index in [2.05, 4.69) is 15.5 Å². The Bertz CT molecular complexity index is 1330. The Morgan fingerprint density at radius 3 is 2.59 bits per heavy atom. The van der Waals surface area contributed by atoms with Gasteiger partial charge in [0.25, 0.3) is 5.91 Å². The van der Waals surface area contributed by atoms with Gasteiger partial charge in [0.1, 0.15) is 11.8 Å². The Hall–Kier alpha value is -3.93. The molecular weight excluding hydrogens is 541 g/mol. The van der Waals surface area contributed by atoms with Gasteiger partial charge in [-0.2, -0.15) is 13.2 Å². The molecule has 9 nitrogen and oxygen atoms in total. The van der Waals surface area contributed by atoms with Crippen LogP contribution in [0.2, 0.25) is 0 Å². The molecule has 0 spiro atoms. The molecule has 12 heteroatoms. The molecule has 2 aromatic carbocycles. The van der Waals surface area contributed by atoms with E-state index in [1.807, 2.05) is 0 Å². The van der Waals surface area contributed by atoms with E-state index in [4.69, 9.17) is 4.74 Å². The summed E-state index contributed by atoms with van der Waals surface area (Å²) in [6.07, 6.45) is -1.73. The minimum atomic E-state index is -4.40. The molecule has 3 aliphatic heterocycles. The lowest BCUT2D eigenvalue weighted by atomic mass is 10.0. The largest absolute Gasteiger partial charge is 0.493 e. The number of nitrogens with one attached hydrogen (secondary N) is 2. The van der Waals surface area contributed by atoms with Gasteiger partial charge in [0, 0.05) is 30.6 Å². The second kappa shape index (κ2) is 11.9. The predicted molar refractivity (Wildman–Crippen MR) is 140 cm³/mol. The Morgan fingerprint density at radius 1 is 1.07 bits per heavy atom. The molecule has 0 bridgehead atoms. The molecule has 4 amide bonds. The van der Waals surface area contributed by atoms with E-state index < -0.39 is 23.7 Å². The third-order valence-electron chi connectivity index (χ3n) is 7.80. The lowest BCUT2D eigenvalue weighted by Crippen LogP contribution is -2.52. The number of hydrogen-bond donors (Lipinski definition) is 2. The number of hydrogen-bond acceptors (Lipinski definition) is 6. The first-order valence-corrected chi connectivity index (χ1v) is 13.7. The number of carbonyl (C=O) groups excluding carboxylic acids is 4. The highest BCUT2D eigenvalue weighted by molar-refractivity contribution is 6.05. The van der Waals surface area contributed by atoms with E-state index in [0.29, 0.717) is 48.4 Å². The second-order valence-corrected chi connectivity index (χ2v) is 10.5. The number of ether oxygens (including phenoxy) is 1. The summed E-state index contributed by atoms with van der Waals surface area (Å²) < 4.78 is 44.3. The normalized spacial score (nSPS) is 21.1. The van der Waals surface area contributed by atoms with Crippen molar-refractivity contribution in [2.75, 3.05) is 19.7 Å². The number of imide groups is 1. The molecule has 0 aromatic heterocycles. The van der Waals surface area contributed by atoms with Crippen LogP contribution < -0.4 is 15.4 Å². The summed E-state index contributed by atoms with van der Waals surface area (Å²) in [6, 6.07) is 8.96. The van der Waals surface area contributed by atoms with Crippen LogP contribution in [0.1, 0.15) is 59.2 Å². The first-order valence-electron chi connectivity index (χ1n) is 13.7. The van der Waals surface area contributed by atoms with Crippen molar-refractivity contribution < 1.29 is 37.1 Å². The molecule has 2 fully saturated rings. The van der Waals surface area contributed by atoms with Gasteiger partial charge in [-0.1, -0.05) is 18.2 Å². The van der Waals surface area contributed by atoms with E-state index in [-0.39, 0.29) is 49.7 Å². The fraction of sp³-hybridized carbons (Fsp3) is 0.448. The van der Waals surface area contributed by atoms with Crippen molar-refractivity contribution in [2.24, 2.45) is 0 Å². The summed E-state index contributed by atoms with van der Waals surface area (Å²) in [5, 5.41) is 5.14. The van der Waals surface area contributed by atoms with Gasteiger partial charge in [0.05, 0.1) is 24.8 Å². The predicted octanol–water partition coefficient (Wildman–Crippen LogP) is 3.02. The van der Waals surface area contributed by atoms with Crippen LogP contribution in [0.4, 0.5) is 13.2 Å². The van der Waals surface area contributed by atoms with Crippen LogP contribution in [-0.2, 0) is 33.6 Å². The van der Waals surface area contributed by atoms with E-state index in [0.717, 1.165) is 25.1 Å². The van der Waals surface area contributed by atoms with Crippen LogP contribution in [0.15, 0.2) is 42.5 Å². The minimum absolute atomic E-state index is 0.151. The van der Waals surface area contributed by atoms with Crippen molar-refractivity contribution >= 4 is 23.6 Å². The molecule has 3 aliphatic rings. The Labute approximate surface area is 235 Å². The fourth-order valence-electron chi connectivity index (χ4n) is 5.65. The van der Waals surface area contributed by atoms with E-state index in [1.165, 1.54) is 17.0 Å². The zero-order valence-electron chi connectivity index (χ0n) is 22.3. The van der Waals surface area contributed by atoms with Crippen LogP contribution in [0.25, 0.3) is 0 Å². The molecule has 2 N–H and O–H groups in total. The average molecular weight is 573 g/mol.